The molecular weight excluding hydrogens is 444 g/mol. The standard InChI is InChI=1S/C23H20F4N2O4/c24-16-1-3-17(4-2-16)28-11-13-29(14-12-28)22(30)21-10-9-20(32-21)15-31-18-5-7-19(8-6-18)33-23(25,26)27/h1-10H,11-15H2. The molecule has 1 aromatic heterocycles. The van der Waals surface area contributed by atoms with Crippen molar-refractivity contribution in [3.8, 4) is 11.5 Å². The molecule has 3 aromatic rings. The number of anilines is 1. The van der Waals surface area contributed by atoms with E-state index in [9.17, 15) is 22.4 Å². The number of hydrogen-bond acceptors (Lipinski definition) is 5. The van der Waals surface area contributed by atoms with E-state index in [0.717, 1.165) is 17.8 Å². The van der Waals surface area contributed by atoms with Crippen molar-refractivity contribution >= 4 is 11.6 Å². The summed E-state index contributed by atoms with van der Waals surface area (Å²) in [7, 11) is 0. The molecule has 0 bridgehead atoms. The van der Waals surface area contributed by atoms with E-state index >= 15 is 0 Å². The molecule has 0 radical (unpaired) electrons. The summed E-state index contributed by atoms with van der Waals surface area (Å²) in [5, 5.41) is 0. The number of furan rings is 1. The Hall–Kier alpha value is -3.69. The quantitative estimate of drug-likeness (QED) is 0.488. The average Bonchev–Trinajstić information content (AvgIpc) is 3.27. The lowest BCUT2D eigenvalue weighted by molar-refractivity contribution is -0.274. The molecule has 1 aliphatic rings. The van der Waals surface area contributed by atoms with E-state index in [4.69, 9.17) is 9.15 Å². The second kappa shape index (κ2) is 9.43. The van der Waals surface area contributed by atoms with E-state index in [2.05, 4.69) is 9.64 Å². The Morgan fingerprint density at radius 2 is 1.52 bits per heavy atom. The van der Waals surface area contributed by atoms with Crippen LogP contribution in [0.5, 0.6) is 11.5 Å². The summed E-state index contributed by atoms with van der Waals surface area (Å²) in [6, 6.07) is 14.4. The fourth-order valence-electron chi connectivity index (χ4n) is 3.44. The monoisotopic (exact) mass is 464 g/mol. The molecular formula is C23H20F4N2O4. The second-order valence-corrected chi connectivity index (χ2v) is 7.33. The van der Waals surface area contributed by atoms with Crippen molar-refractivity contribution in [1.82, 2.24) is 4.90 Å². The molecule has 1 amide bonds. The minimum atomic E-state index is -4.76. The number of carbonyl (C=O) groups excluding carboxylic acids is 1. The van der Waals surface area contributed by atoms with Crippen LogP contribution in [0.4, 0.5) is 23.2 Å². The van der Waals surface area contributed by atoms with Crippen LogP contribution in [-0.4, -0.2) is 43.3 Å². The van der Waals surface area contributed by atoms with E-state index in [-0.39, 0.29) is 29.8 Å². The first-order valence-corrected chi connectivity index (χ1v) is 10.1. The fraction of sp³-hybridized carbons (Fsp3) is 0.261. The van der Waals surface area contributed by atoms with Gasteiger partial charge in [-0.1, -0.05) is 0 Å². The summed E-state index contributed by atoms with van der Waals surface area (Å²) in [6.45, 7) is 2.22. The highest BCUT2D eigenvalue weighted by Gasteiger charge is 2.31. The average molecular weight is 464 g/mol. The number of piperazine rings is 1. The van der Waals surface area contributed by atoms with Crippen LogP contribution in [-0.2, 0) is 6.61 Å². The van der Waals surface area contributed by atoms with Gasteiger partial charge in [-0.15, -0.1) is 13.2 Å². The fourth-order valence-corrected chi connectivity index (χ4v) is 3.44. The Morgan fingerprint density at radius 3 is 2.15 bits per heavy atom. The molecule has 10 heteroatoms. The van der Waals surface area contributed by atoms with E-state index in [1.165, 1.54) is 24.3 Å². The molecule has 4 rings (SSSR count). The summed E-state index contributed by atoms with van der Waals surface area (Å²) >= 11 is 0. The van der Waals surface area contributed by atoms with Gasteiger partial charge in [0.25, 0.3) is 5.91 Å². The van der Waals surface area contributed by atoms with Crippen molar-refractivity contribution in [1.29, 1.82) is 0 Å². The van der Waals surface area contributed by atoms with Gasteiger partial charge in [-0.05, 0) is 60.7 Å². The maximum absolute atomic E-state index is 13.1. The van der Waals surface area contributed by atoms with Gasteiger partial charge in [-0.2, -0.15) is 0 Å². The minimum Gasteiger partial charge on any atom is -0.486 e. The molecule has 174 valence electrons. The van der Waals surface area contributed by atoms with Crippen molar-refractivity contribution in [3.05, 3.63) is 78.0 Å². The van der Waals surface area contributed by atoms with Crippen LogP contribution in [0.15, 0.2) is 65.1 Å². The van der Waals surface area contributed by atoms with E-state index in [1.807, 2.05) is 0 Å². The zero-order chi connectivity index (χ0) is 23.4. The zero-order valence-electron chi connectivity index (χ0n) is 17.3. The Labute approximate surface area is 186 Å². The van der Waals surface area contributed by atoms with Crippen LogP contribution in [0.1, 0.15) is 16.3 Å². The third kappa shape index (κ3) is 5.97. The summed E-state index contributed by atoms with van der Waals surface area (Å²) in [5.74, 6) is 0.0222. The lowest BCUT2D eigenvalue weighted by Gasteiger charge is -2.35. The van der Waals surface area contributed by atoms with Gasteiger partial charge < -0.3 is 23.7 Å². The number of amides is 1. The molecule has 33 heavy (non-hydrogen) atoms. The van der Waals surface area contributed by atoms with E-state index in [1.54, 1.807) is 29.2 Å². The third-order valence-electron chi connectivity index (χ3n) is 5.07. The smallest absolute Gasteiger partial charge is 0.486 e. The van der Waals surface area contributed by atoms with Gasteiger partial charge in [0.05, 0.1) is 0 Å². The Bertz CT molecular complexity index is 1070. The number of ether oxygens (including phenoxy) is 2. The van der Waals surface area contributed by atoms with Gasteiger partial charge >= 0.3 is 6.36 Å². The first-order chi connectivity index (χ1) is 15.8. The van der Waals surface area contributed by atoms with Crippen molar-refractivity contribution in [2.45, 2.75) is 13.0 Å². The first-order valence-electron chi connectivity index (χ1n) is 10.1. The SMILES string of the molecule is O=C(c1ccc(COc2ccc(OC(F)(F)F)cc2)o1)N1CCN(c2ccc(F)cc2)CC1. The molecule has 6 nitrogen and oxygen atoms in total. The highest BCUT2D eigenvalue weighted by Crippen LogP contribution is 2.25. The zero-order valence-corrected chi connectivity index (χ0v) is 17.3. The first kappa shape index (κ1) is 22.5. The molecule has 2 heterocycles. The van der Waals surface area contributed by atoms with Gasteiger partial charge in [-0.25, -0.2) is 4.39 Å². The number of carbonyl (C=O) groups is 1. The van der Waals surface area contributed by atoms with E-state index in [0.29, 0.717) is 37.7 Å². The minimum absolute atomic E-state index is 0.00506. The van der Waals surface area contributed by atoms with Crippen molar-refractivity contribution in [2.24, 2.45) is 0 Å². The largest absolute Gasteiger partial charge is 0.573 e. The van der Waals surface area contributed by atoms with Crippen LogP contribution < -0.4 is 14.4 Å². The predicted molar refractivity (Wildman–Crippen MR) is 111 cm³/mol. The van der Waals surface area contributed by atoms with Gasteiger partial charge in [0.15, 0.2) is 5.76 Å². The normalized spacial score (nSPS) is 14.3. The van der Waals surface area contributed by atoms with Crippen molar-refractivity contribution in [3.63, 3.8) is 0 Å². The number of nitrogens with zero attached hydrogens (tertiary/aromatic N) is 2. The number of benzene rings is 2. The molecule has 1 fully saturated rings. The summed E-state index contributed by atoms with van der Waals surface area (Å²) < 4.78 is 64.6. The summed E-state index contributed by atoms with van der Waals surface area (Å²) in [5.41, 5.74) is 0.902. The number of halogens is 4. The van der Waals surface area contributed by atoms with Crippen molar-refractivity contribution in [2.75, 3.05) is 31.1 Å². The van der Waals surface area contributed by atoms with Crippen molar-refractivity contribution < 1.29 is 36.2 Å². The molecule has 0 saturated carbocycles. The Kier molecular flexibility index (Phi) is 6.43. The van der Waals surface area contributed by atoms with Crippen LogP contribution in [0.25, 0.3) is 0 Å². The lowest BCUT2D eigenvalue weighted by atomic mass is 10.2. The van der Waals surface area contributed by atoms with Gasteiger partial charge in [0, 0.05) is 31.9 Å². The molecule has 0 unspecified atom stereocenters. The van der Waals surface area contributed by atoms with Gasteiger partial charge in [0.1, 0.15) is 29.7 Å². The van der Waals surface area contributed by atoms with Crippen LogP contribution in [0.3, 0.4) is 0 Å². The highest BCUT2D eigenvalue weighted by molar-refractivity contribution is 5.91. The lowest BCUT2D eigenvalue weighted by Crippen LogP contribution is -2.48. The van der Waals surface area contributed by atoms with Gasteiger partial charge in [-0.3, -0.25) is 4.79 Å². The van der Waals surface area contributed by atoms with Crippen LogP contribution >= 0.6 is 0 Å². The highest BCUT2D eigenvalue weighted by atomic mass is 19.4. The Balaban J connectivity index is 1.27. The second-order valence-electron chi connectivity index (χ2n) is 7.33. The Morgan fingerprint density at radius 1 is 0.879 bits per heavy atom. The maximum atomic E-state index is 13.1. The molecule has 0 aliphatic carbocycles. The predicted octanol–water partition coefficient (Wildman–Crippen LogP) is 4.86. The van der Waals surface area contributed by atoms with Crippen LogP contribution in [0.2, 0.25) is 0 Å². The molecule has 0 spiro atoms. The van der Waals surface area contributed by atoms with Crippen LogP contribution in [0, 0.1) is 5.82 Å². The summed E-state index contributed by atoms with van der Waals surface area (Å²) in [4.78, 5) is 16.5. The topological polar surface area (TPSA) is 55.2 Å². The molecule has 1 aliphatic heterocycles. The molecule has 2 aromatic carbocycles. The number of hydrogen-bond donors (Lipinski definition) is 0. The molecule has 0 atom stereocenters. The molecule has 0 N–H and O–H groups in total. The molecule has 1 saturated heterocycles. The summed E-state index contributed by atoms with van der Waals surface area (Å²) in [6.07, 6.45) is -4.76. The third-order valence-corrected chi connectivity index (χ3v) is 5.07. The maximum Gasteiger partial charge on any atom is 0.573 e. The number of rotatable bonds is 6. The number of alkyl halides is 3. The van der Waals surface area contributed by atoms with Gasteiger partial charge in [0.2, 0.25) is 0 Å². The van der Waals surface area contributed by atoms with E-state index < -0.39 is 6.36 Å².